The molecular formula is C16H18FN5O. The standard InChI is InChI=1S/C16H18FN5O/c1-10(18-3)8-15-20-16(23-21-15)14-9-19-22(11(14)2)13-6-4-12(17)5-7-13/h4-7,9-10,18H,8H2,1-3H3. The van der Waals surface area contributed by atoms with Gasteiger partial charge in [0.2, 0.25) is 0 Å². The molecule has 0 aliphatic rings. The molecule has 2 aromatic heterocycles. The van der Waals surface area contributed by atoms with E-state index in [-0.39, 0.29) is 11.9 Å². The van der Waals surface area contributed by atoms with Crippen LogP contribution in [0.1, 0.15) is 18.4 Å². The Morgan fingerprint density at radius 2 is 2.04 bits per heavy atom. The highest BCUT2D eigenvalue weighted by Crippen LogP contribution is 2.23. The van der Waals surface area contributed by atoms with Crippen molar-refractivity contribution in [3.05, 3.63) is 47.8 Å². The van der Waals surface area contributed by atoms with Crippen LogP contribution in [0.5, 0.6) is 0 Å². The van der Waals surface area contributed by atoms with Crippen molar-refractivity contribution in [1.29, 1.82) is 0 Å². The summed E-state index contributed by atoms with van der Waals surface area (Å²) < 4.78 is 20.1. The first-order valence-corrected chi connectivity index (χ1v) is 7.39. The second kappa shape index (κ2) is 6.29. The molecule has 120 valence electrons. The first-order valence-electron chi connectivity index (χ1n) is 7.39. The molecule has 3 aromatic rings. The van der Waals surface area contributed by atoms with Crippen molar-refractivity contribution in [2.75, 3.05) is 7.05 Å². The molecule has 0 aliphatic heterocycles. The van der Waals surface area contributed by atoms with E-state index in [9.17, 15) is 4.39 Å². The van der Waals surface area contributed by atoms with Gasteiger partial charge in [-0.25, -0.2) is 9.07 Å². The zero-order valence-electron chi connectivity index (χ0n) is 13.2. The summed E-state index contributed by atoms with van der Waals surface area (Å²) in [6.45, 7) is 3.96. The zero-order valence-corrected chi connectivity index (χ0v) is 13.2. The Kier molecular flexibility index (Phi) is 4.20. The molecule has 0 amide bonds. The molecule has 0 saturated heterocycles. The van der Waals surface area contributed by atoms with Gasteiger partial charge in [0, 0.05) is 12.5 Å². The van der Waals surface area contributed by atoms with E-state index >= 15 is 0 Å². The van der Waals surface area contributed by atoms with Crippen molar-refractivity contribution in [1.82, 2.24) is 25.2 Å². The van der Waals surface area contributed by atoms with Crippen LogP contribution in [0.3, 0.4) is 0 Å². The molecule has 0 spiro atoms. The van der Waals surface area contributed by atoms with E-state index in [0.717, 1.165) is 16.9 Å². The molecule has 0 bridgehead atoms. The van der Waals surface area contributed by atoms with Crippen LogP contribution in [0.25, 0.3) is 17.1 Å². The maximum absolute atomic E-state index is 13.0. The molecule has 0 fully saturated rings. The number of halogens is 1. The largest absolute Gasteiger partial charge is 0.334 e. The summed E-state index contributed by atoms with van der Waals surface area (Å²) in [4.78, 5) is 4.42. The number of hydrogen-bond donors (Lipinski definition) is 1. The quantitative estimate of drug-likeness (QED) is 0.783. The van der Waals surface area contributed by atoms with Crippen LogP contribution in [0.2, 0.25) is 0 Å². The van der Waals surface area contributed by atoms with Gasteiger partial charge in [0.15, 0.2) is 5.82 Å². The van der Waals surface area contributed by atoms with Crippen molar-refractivity contribution in [2.24, 2.45) is 0 Å². The molecule has 7 heteroatoms. The lowest BCUT2D eigenvalue weighted by molar-refractivity contribution is 0.418. The van der Waals surface area contributed by atoms with Crippen molar-refractivity contribution >= 4 is 0 Å². The summed E-state index contributed by atoms with van der Waals surface area (Å²) >= 11 is 0. The van der Waals surface area contributed by atoms with Crippen LogP contribution in [0.4, 0.5) is 4.39 Å². The van der Waals surface area contributed by atoms with E-state index in [1.165, 1.54) is 12.1 Å². The van der Waals surface area contributed by atoms with Gasteiger partial charge in [-0.1, -0.05) is 5.16 Å². The van der Waals surface area contributed by atoms with Crippen LogP contribution >= 0.6 is 0 Å². The second-order valence-corrected chi connectivity index (χ2v) is 5.44. The smallest absolute Gasteiger partial charge is 0.261 e. The third-order valence-corrected chi connectivity index (χ3v) is 3.76. The Morgan fingerprint density at radius 3 is 2.74 bits per heavy atom. The fourth-order valence-electron chi connectivity index (χ4n) is 2.28. The Morgan fingerprint density at radius 1 is 1.30 bits per heavy atom. The van der Waals surface area contributed by atoms with Crippen LogP contribution in [0, 0.1) is 12.7 Å². The van der Waals surface area contributed by atoms with Gasteiger partial charge < -0.3 is 9.84 Å². The molecule has 1 unspecified atom stereocenters. The number of rotatable bonds is 5. The summed E-state index contributed by atoms with van der Waals surface area (Å²) in [5.41, 5.74) is 2.40. The Bertz CT molecular complexity index is 793. The molecule has 2 heterocycles. The molecule has 1 atom stereocenters. The zero-order chi connectivity index (χ0) is 16.4. The van der Waals surface area contributed by atoms with Crippen molar-refractivity contribution in [3.8, 4) is 17.1 Å². The lowest BCUT2D eigenvalue weighted by atomic mass is 10.2. The van der Waals surface area contributed by atoms with Gasteiger partial charge in [0.05, 0.1) is 23.1 Å². The van der Waals surface area contributed by atoms with Crippen molar-refractivity contribution < 1.29 is 8.91 Å². The lowest BCUT2D eigenvalue weighted by Crippen LogP contribution is -2.24. The van der Waals surface area contributed by atoms with Gasteiger partial charge in [-0.3, -0.25) is 0 Å². The molecule has 1 N–H and O–H groups in total. The molecule has 1 aromatic carbocycles. The summed E-state index contributed by atoms with van der Waals surface area (Å²) in [5, 5.41) is 11.5. The Balaban J connectivity index is 1.88. The minimum absolute atomic E-state index is 0.267. The maximum Gasteiger partial charge on any atom is 0.261 e. The fourth-order valence-corrected chi connectivity index (χ4v) is 2.28. The van der Waals surface area contributed by atoms with E-state index in [2.05, 4.69) is 20.6 Å². The number of likely N-dealkylation sites (N-methyl/N-ethyl adjacent to an activating group) is 1. The van der Waals surface area contributed by atoms with Gasteiger partial charge >= 0.3 is 0 Å². The Hall–Kier alpha value is -2.54. The molecule has 0 aliphatic carbocycles. The summed E-state index contributed by atoms with van der Waals surface area (Å²) in [7, 11) is 1.89. The third kappa shape index (κ3) is 3.14. The van der Waals surface area contributed by atoms with E-state index in [4.69, 9.17) is 4.52 Å². The number of aromatic nitrogens is 4. The normalized spacial score (nSPS) is 12.5. The molecule has 0 radical (unpaired) electrons. The van der Waals surface area contributed by atoms with Gasteiger partial charge in [-0.15, -0.1) is 0 Å². The minimum atomic E-state index is -0.279. The highest BCUT2D eigenvalue weighted by atomic mass is 19.1. The van der Waals surface area contributed by atoms with Crippen molar-refractivity contribution in [2.45, 2.75) is 26.3 Å². The number of hydrogen-bond acceptors (Lipinski definition) is 5. The predicted octanol–water partition coefficient (Wildman–Crippen LogP) is 2.52. The first kappa shape index (κ1) is 15.4. The topological polar surface area (TPSA) is 68.8 Å². The molecule has 6 nitrogen and oxygen atoms in total. The van der Waals surface area contributed by atoms with E-state index < -0.39 is 0 Å². The van der Waals surface area contributed by atoms with E-state index in [1.54, 1.807) is 23.0 Å². The lowest BCUT2D eigenvalue weighted by Gasteiger charge is -2.05. The molecule has 0 saturated carbocycles. The minimum Gasteiger partial charge on any atom is -0.334 e. The van der Waals surface area contributed by atoms with E-state index in [0.29, 0.717) is 18.1 Å². The fraction of sp³-hybridized carbons (Fsp3) is 0.312. The van der Waals surface area contributed by atoms with Crippen molar-refractivity contribution in [3.63, 3.8) is 0 Å². The van der Waals surface area contributed by atoms with Crippen LogP contribution < -0.4 is 5.32 Å². The highest BCUT2D eigenvalue weighted by Gasteiger charge is 2.17. The summed E-state index contributed by atoms with van der Waals surface area (Å²) in [5.74, 6) is 0.809. The first-order chi connectivity index (χ1) is 11.1. The molecule has 3 rings (SSSR count). The predicted molar refractivity (Wildman–Crippen MR) is 83.8 cm³/mol. The van der Waals surface area contributed by atoms with Crippen LogP contribution in [0.15, 0.2) is 35.0 Å². The summed E-state index contributed by atoms with van der Waals surface area (Å²) in [6.07, 6.45) is 2.36. The SMILES string of the molecule is CNC(C)Cc1noc(-c2cnn(-c3ccc(F)cc3)c2C)n1. The van der Waals surface area contributed by atoms with Gasteiger partial charge in [0.25, 0.3) is 5.89 Å². The van der Waals surface area contributed by atoms with E-state index in [1.807, 2.05) is 20.9 Å². The molecular weight excluding hydrogens is 297 g/mol. The van der Waals surface area contributed by atoms with Gasteiger partial charge in [-0.2, -0.15) is 10.1 Å². The monoisotopic (exact) mass is 315 g/mol. The average Bonchev–Trinajstić information content (AvgIpc) is 3.14. The Labute approximate surface area is 133 Å². The highest BCUT2D eigenvalue weighted by molar-refractivity contribution is 5.56. The summed E-state index contributed by atoms with van der Waals surface area (Å²) in [6, 6.07) is 6.42. The number of nitrogens with one attached hydrogen (secondary N) is 1. The van der Waals surface area contributed by atoms with Crippen LogP contribution in [-0.4, -0.2) is 33.0 Å². The number of benzene rings is 1. The van der Waals surface area contributed by atoms with Gasteiger partial charge in [-0.05, 0) is 45.2 Å². The third-order valence-electron chi connectivity index (χ3n) is 3.76. The molecule has 23 heavy (non-hydrogen) atoms. The average molecular weight is 315 g/mol. The van der Waals surface area contributed by atoms with Crippen LogP contribution in [-0.2, 0) is 6.42 Å². The second-order valence-electron chi connectivity index (χ2n) is 5.44. The van der Waals surface area contributed by atoms with Gasteiger partial charge in [0.1, 0.15) is 5.82 Å². The number of nitrogens with zero attached hydrogens (tertiary/aromatic N) is 4. The maximum atomic E-state index is 13.0.